The standard InChI is InChI=1S/C43H27O2P/c44-46(28-14-3-1-4-15-28,29-16-5-2-6-17-29)39-25-13-23-35-40(39)30-18-7-10-21-33(30)43(35)34-22-11-8-19-31(34)41-36(43)26-27-38-42(41)32-20-9-12-24-37(32)45-38/h1-27H. The Morgan fingerprint density at radius 2 is 0.978 bits per heavy atom. The van der Waals surface area contributed by atoms with Crippen LogP contribution >= 0.6 is 7.14 Å². The lowest BCUT2D eigenvalue weighted by molar-refractivity contribution is 0.592. The maximum absolute atomic E-state index is 16.0. The number of hydrogen-bond donors (Lipinski definition) is 0. The summed E-state index contributed by atoms with van der Waals surface area (Å²) in [6.07, 6.45) is 0. The average Bonchev–Trinajstić information content (AvgIpc) is 3.76. The van der Waals surface area contributed by atoms with Crippen molar-refractivity contribution in [3.63, 3.8) is 0 Å². The van der Waals surface area contributed by atoms with E-state index in [-0.39, 0.29) is 0 Å². The monoisotopic (exact) mass is 606 g/mol. The summed E-state index contributed by atoms with van der Waals surface area (Å²) in [5, 5.41) is 4.84. The smallest absolute Gasteiger partial charge is 0.171 e. The van der Waals surface area contributed by atoms with Gasteiger partial charge in [-0.3, -0.25) is 0 Å². The van der Waals surface area contributed by atoms with Gasteiger partial charge in [-0.15, -0.1) is 0 Å². The molecule has 2 aliphatic rings. The fraction of sp³-hybridized carbons (Fsp3) is 0.0233. The van der Waals surface area contributed by atoms with Gasteiger partial charge >= 0.3 is 0 Å². The topological polar surface area (TPSA) is 30.2 Å². The van der Waals surface area contributed by atoms with Gasteiger partial charge in [0.2, 0.25) is 0 Å². The molecule has 0 aliphatic heterocycles. The first-order chi connectivity index (χ1) is 22.7. The molecule has 1 unspecified atom stereocenters. The SMILES string of the molecule is O=P(c1ccccc1)(c1ccccc1)c1cccc2c1-c1ccccc1C21c2ccccc2-c2c1ccc1oc3ccccc3c21. The zero-order chi connectivity index (χ0) is 30.5. The van der Waals surface area contributed by atoms with Crippen molar-refractivity contribution in [2.24, 2.45) is 0 Å². The Bertz CT molecular complexity index is 2520. The molecule has 1 spiro atoms. The summed E-state index contributed by atoms with van der Waals surface area (Å²) in [5.74, 6) is 0. The van der Waals surface area contributed by atoms with Crippen LogP contribution in [-0.2, 0) is 9.98 Å². The van der Waals surface area contributed by atoms with Crippen LogP contribution in [0.3, 0.4) is 0 Å². The molecular weight excluding hydrogens is 579 g/mol. The Balaban J connectivity index is 1.38. The molecule has 8 aromatic rings. The van der Waals surface area contributed by atoms with Crippen molar-refractivity contribution in [2.45, 2.75) is 5.41 Å². The average molecular weight is 607 g/mol. The maximum Gasteiger partial charge on any atom is 0.171 e. The molecule has 0 saturated carbocycles. The number of rotatable bonds is 3. The molecule has 0 fully saturated rings. The highest BCUT2D eigenvalue weighted by atomic mass is 31.2. The first-order valence-electron chi connectivity index (χ1n) is 15.7. The van der Waals surface area contributed by atoms with E-state index in [1.54, 1.807) is 0 Å². The van der Waals surface area contributed by atoms with Crippen LogP contribution in [0.15, 0.2) is 168 Å². The van der Waals surface area contributed by atoms with Gasteiger partial charge in [-0.05, 0) is 56.6 Å². The summed E-state index contributed by atoms with van der Waals surface area (Å²) in [6, 6.07) is 56.9. The van der Waals surface area contributed by atoms with Gasteiger partial charge in [0, 0.05) is 26.7 Å². The van der Waals surface area contributed by atoms with Crippen molar-refractivity contribution in [1.29, 1.82) is 0 Å². The van der Waals surface area contributed by atoms with Crippen LogP contribution in [-0.4, -0.2) is 0 Å². The first kappa shape index (κ1) is 25.9. The van der Waals surface area contributed by atoms with Gasteiger partial charge < -0.3 is 8.98 Å². The second kappa shape index (κ2) is 9.30. The molecule has 0 radical (unpaired) electrons. The van der Waals surface area contributed by atoms with Crippen molar-refractivity contribution >= 4 is 45.0 Å². The molecule has 1 atom stereocenters. The van der Waals surface area contributed by atoms with Crippen LogP contribution in [0.2, 0.25) is 0 Å². The van der Waals surface area contributed by atoms with Crippen LogP contribution in [0.5, 0.6) is 0 Å². The molecule has 10 rings (SSSR count). The fourth-order valence-corrected chi connectivity index (χ4v) is 11.3. The lowest BCUT2D eigenvalue weighted by Gasteiger charge is -2.31. The second-order valence-electron chi connectivity index (χ2n) is 12.3. The Morgan fingerprint density at radius 3 is 1.67 bits per heavy atom. The highest BCUT2D eigenvalue weighted by Crippen LogP contribution is 2.65. The van der Waals surface area contributed by atoms with Gasteiger partial charge in [0.15, 0.2) is 7.14 Å². The van der Waals surface area contributed by atoms with Gasteiger partial charge in [-0.1, -0.05) is 152 Å². The normalized spacial score (nSPS) is 16.0. The third kappa shape index (κ3) is 3.10. The van der Waals surface area contributed by atoms with Crippen molar-refractivity contribution in [1.82, 2.24) is 0 Å². The minimum absolute atomic E-state index is 0.571. The van der Waals surface area contributed by atoms with Crippen molar-refractivity contribution in [2.75, 3.05) is 0 Å². The van der Waals surface area contributed by atoms with Crippen LogP contribution in [0.4, 0.5) is 0 Å². The zero-order valence-electron chi connectivity index (χ0n) is 24.9. The summed E-state index contributed by atoms with van der Waals surface area (Å²) < 4.78 is 22.4. The third-order valence-electron chi connectivity index (χ3n) is 10.2. The zero-order valence-corrected chi connectivity index (χ0v) is 25.7. The number of benzene rings is 7. The predicted molar refractivity (Wildman–Crippen MR) is 189 cm³/mol. The van der Waals surface area contributed by atoms with Crippen molar-refractivity contribution in [3.05, 3.63) is 186 Å². The van der Waals surface area contributed by atoms with E-state index in [2.05, 4.69) is 97.1 Å². The largest absolute Gasteiger partial charge is 0.456 e. The van der Waals surface area contributed by atoms with Gasteiger partial charge in [0.05, 0.1) is 5.41 Å². The molecule has 0 N–H and O–H groups in total. The Labute approximate surface area is 267 Å². The lowest BCUT2D eigenvalue weighted by atomic mass is 9.70. The number of furan rings is 1. The molecule has 2 aliphatic carbocycles. The second-order valence-corrected chi connectivity index (χ2v) is 15.0. The van der Waals surface area contributed by atoms with Crippen LogP contribution in [0, 0.1) is 0 Å². The maximum atomic E-state index is 16.0. The van der Waals surface area contributed by atoms with E-state index in [0.29, 0.717) is 0 Å². The van der Waals surface area contributed by atoms with Crippen LogP contribution in [0.1, 0.15) is 22.3 Å². The molecule has 1 heterocycles. The minimum Gasteiger partial charge on any atom is -0.456 e. The number of para-hydroxylation sites is 1. The molecular formula is C43H27O2P. The van der Waals surface area contributed by atoms with E-state index < -0.39 is 12.6 Å². The van der Waals surface area contributed by atoms with Gasteiger partial charge in [-0.2, -0.15) is 0 Å². The molecule has 0 bridgehead atoms. The Morgan fingerprint density at radius 1 is 0.435 bits per heavy atom. The fourth-order valence-electron chi connectivity index (χ4n) is 8.44. The van der Waals surface area contributed by atoms with E-state index in [9.17, 15) is 0 Å². The Kier molecular flexibility index (Phi) is 5.23. The molecule has 0 saturated heterocycles. The quantitative estimate of drug-likeness (QED) is 0.188. The van der Waals surface area contributed by atoms with Gasteiger partial charge in [-0.25, -0.2) is 0 Å². The van der Waals surface area contributed by atoms with Gasteiger partial charge in [0.1, 0.15) is 11.2 Å². The third-order valence-corrected chi connectivity index (χ3v) is 13.3. The summed E-state index contributed by atoms with van der Waals surface area (Å²) >= 11 is 0. The van der Waals surface area contributed by atoms with E-state index in [1.807, 2.05) is 66.7 Å². The first-order valence-corrected chi connectivity index (χ1v) is 17.4. The van der Waals surface area contributed by atoms with E-state index >= 15 is 4.57 Å². The van der Waals surface area contributed by atoms with E-state index in [0.717, 1.165) is 49.0 Å². The predicted octanol–water partition coefficient (Wildman–Crippen LogP) is 9.57. The highest BCUT2D eigenvalue weighted by molar-refractivity contribution is 7.85. The van der Waals surface area contributed by atoms with Crippen LogP contribution in [0.25, 0.3) is 44.2 Å². The van der Waals surface area contributed by atoms with Crippen molar-refractivity contribution < 1.29 is 8.98 Å². The minimum atomic E-state index is -3.28. The summed E-state index contributed by atoms with van der Waals surface area (Å²) in [6.45, 7) is 0. The molecule has 7 aromatic carbocycles. The molecule has 3 heteroatoms. The molecule has 2 nitrogen and oxygen atoms in total. The molecule has 216 valence electrons. The molecule has 46 heavy (non-hydrogen) atoms. The number of fused-ring (bicyclic) bond motifs is 14. The lowest BCUT2D eigenvalue weighted by Crippen LogP contribution is -2.29. The summed E-state index contributed by atoms with van der Waals surface area (Å²) in [4.78, 5) is 0. The van der Waals surface area contributed by atoms with E-state index in [4.69, 9.17) is 4.42 Å². The van der Waals surface area contributed by atoms with Crippen molar-refractivity contribution in [3.8, 4) is 22.3 Å². The summed E-state index contributed by atoms with van der Waals surface area (Å²) in [5.41, 5.74) is 10.8. The summed E-state index contributed by atoms with van der Waals surface area (Å²) in [7, 11) is -3.28. The molecule has 0 amide bonds. The Hall–Kier alpha value is -5.43. The van der Waals surface area contributed by atoms with Crippen LogP contribution < -0.4 is 15.9 Å². The van der Waals surface area contributed by atoms with E-state index in [1.165, 1.54) is 33.4 Å². The highest BCUT2D eigenvalue weighted by Gasteiger charge is 2.53. The molecule has 1 aromatic heterocycles. The van der Waals surface area contributed by atoms with Gasteiger partial charge in [0.25, 0.3) is 0 Å². The number of hydrogen-bond acceptors (Lipinski definition) is 2.